The number of imidazole rings is 1. The van der Waals surface area contributed by atoms with Gasteiger partial charge >= 0.3 is 6.03 Å². The van der Waals surface area contributed by atoms with Crippen LogP contribution in [0.5, 0.6) is 0 Å². The van der Waals surface area contributed by atoms with E-state index in [-0.39, 0.29) is 12.1 Å². The molecule has 136 valence electrons. The molecule has 1 aromatic heterocycles. The number of benzene rings is 2. The van der Waals surface area contributed by atoms with Crippen molar-refractivity contribution in [2.24, 2.45) is 0 Å². The number of nitrogens with zero attached hydrogens (tertiary/aromatic N) is 2. The molecule has 0 radical (unpaired) electrons. The number of hydrogen-bond donors (Lipinski definition) is 2. The minimum atomic E-state index is -0.223. The molecule has 3 rings (SSSR count). The van der Waals surface area contributed by atoms with Gasteiger partial charge in [0.15, 0.2) is 0 Å². The third kappa shape index (κ3) is 4.48. The van der Waals surface area contributed by atoms with Crippen LogP contribution in [0.15, 0.2) is 48.8 Å². The van der Waals surface area contributed by atoms with Crippen molar-refractivity contribution < 1.29 is 4.79 Å². The summed E-state index contributed by atoms with van der Waals surface area (Å²) in [5.41, 5.74) is 2.91. The van der Waals surface area contributed by atoms with Crippen LogP contribution in [0.4, 0.5) is 4.79 Å². The number of urea groups is 1. The van der Waals surface area contributed by atoms with Crippen molar-refractivity contribution >= 4 is 40.3 Å². The predicted molar refractivity (Wildman–Crippen MR) is 106 cm³/mol. The molecule has 0 bridgehead atoms. The van der Waals surface area contributed by atoms with E-state index in [9.17, 15) is 4.79 Å². The lowest BCUT2D eigenvalue weighted by Crippen LogP contribution is -2.37. The highest BCUT2D eigenvalue weighted by Crippen LogP contribution is 2.25. The molecule has 0 spiro atoms. The Morgan fingerprint density at radius 1 is 1.23 bits per heavy atom. The Bertz CT molecular complexity index is 909. The molecule has 0 saturated carbocycles. The fraction of sp³-hybridized carbons (Fsp3) is 0.263. The standard InChI is InChI=1S/C19H20Cl2N4O/c1-13(15-8-7-14(20)11-16(15)21)24-19(26)22-9-4-10-25-12-23-17-5-2-3-6-18(17)25/h2-3,5-8,11-13H,4,9-10H2,1H3,(H2,22,24,26). The second-order valence-electron chi connectivity index (χ2n) is 6.07. The summed E-state index contributed by atoms with van der Waals surface area (Å²) in [4.78, 5) is 16.4. The Hall–Kier alpha value is -2.24. The normalized spacial score (nSPS) is 12.1. The molecular weight excluding hydrogens is 371 g/mol. The number of para-hydroxylation sites is 2. The Morgan fingerprint density at radius 2 is 2.04 bits per heavy atom. The molecule has 2 aromatic carbocycles. The van der Waals surface area contributed by atoms with Crippen molar-refractivity contribution in [2.45, 2.75) is 25.9 Å². The molecule has 1 heterocycles. The summed E-state index contributed by atoms with van der Waals surface area (Å²) in [6.07, 6.45) is 2.64. The molecule has 0 aliphatic rings. The Labute approximate surface area is 162 Å². The van der Waals surface area contributed by atoms with Gasteiger partial charge in [0.05, 0.1) is 23.4 Å². The number of rotatable bonds is 6. The van der Waals surface area contributed by atoms with Gasteiger partial charge in [-0.1, -0.05) is 41.4 Å². The van der Waals surface area contributed by atoms with Crippen LogP contribution in [0.1, 0.15) is 24.9 Å². The molecule has 7 heteroatoms. The van der Waals surface area contributed by atoms with Crippen LogP contribution in [-0.4, -0.2) is 22.1 Å². The van der Waals surface area contributed by atoms with E-state index in [1.165, 1.54) is 0 Å². The molecule has 3 aromatic rings. The number of hydrogen-bond acceptors (Lipinski definition) is 2. The monoisotopic (exact) mass is 390 g/mol. The highest BCUT2D eigenvalue weighted by Gasteiger charge is 2.12. The zero-order valence-corrected chi connectivity index (χ0v) is 15.9. The second-order valence-corrected chi connectivity index (χ2v) is 6.91. The minimum absolute atomic E-state index is 0.211. The van der Waals surface area contributed by atoms with Gasteiger partial charge in [-0.25, -0.2) is 9.78 Å². The third-order valence-corrected chi connectivity index (χ3v) is 4.73. The fourth-order valence-electron chi connectivity index (χ4n) is 2.82. The summed E-state index contributed by atoms with van der Waals surface area (Å²) in [5, 5.41) is 6.87. The molecule has 0 aliphatic carbocycles. The topological polar surface area (TPSA) is 59.0 Å². The first-order valence-corrected chi connectivity index (χ1v) is 9.19. The molecule has 5 nitrogen and oxygen atoms in total. The Balaban J connectivity index is 1.45. The van der Waals surface area contributed by atoms with Crippen molar-refractivity contribution in [3.63, 3.8) is 0 Å². The first-order valence-electron chi connectivity index (χ1n) is 8.44. The Kier molecular flexibility index (Phi) is 6.01. The van der Waals surface area contributed by atoms with E-state index in [2.05, 4.69) is 20.2 Å². The van der Waals surface area contributed by atoms with Crippen LogP contribution in [0.2, 0.25) is 10.0 Å². The van der Waals surface area contributed by atoms with Gasteiger partial charge in [0.1, 0.15) is 0 Å². The minimum Gasteiger partial charge on any atom is -0.338 e. The van der Waals surface area contributed by atoms with E-state index in [1.807, 2.05) is 43.6 Å². The van der Waals surface area contributed by atoms with Crippen molar-refractivity contribution in [3.8, 4) is 0 Å². The number of carbonyl (C=O) groups is 1. The van der Waals surface area contributed by atoms with E-state index in [1.54, 1.807) is 12.1 Å². The predicted octanol–water partition coefficient (Wildman–Crippen LogP) is 4.79. The maximum absolute atomic E-state index is 12.1. The molecule has 2 amide bonds. The molecule has 2 N–H and O–H groups in total. The van der Waals surface area contributed by atoms with Crippen molar-refractivity contribution in [2.75, 3.05) is 6.54 Å². The highest BCUT2D eigenvalue weighted by molar-refractivity contribution is 6.35. The van der Waals surface area contributed by atoms with Gasteiger partial charge in [-0.2, -0.15) is 0 Å². The lowest BCUT2D eigenvalue weighted by atomic mass is 10.1. The molecule has 0 fully saturated rings. The van der Waals surface area contributed by atoms with Crippen molar-refractivity contribution in [1.29, 1.82) is 0 Å². The van der Waals surface area contributed by atoms with E-state index in [4.69, 9.17) is 23.2 Å². The zero-order chi connectivity index (χ0) is 18.5. The first kappa shape index (κ1) is 18.5. The van der Waals surface area contributed by atoms with Gasteiger partial charge in [0, 0.05) is 23.1 Å². The summed E-state index contributed by atoms with van der Waals surface area (Å²) >= 11 is 12.1. The number of carbonyl (C=O) groups excluding carboxylic acids is 1. The van der Waals surface area contributed by atoms with E-state index in [0.29, 0.717) is 16.6 Å². The van der Waals surface area contributed by atoms with E-state index >= 15 is 0 Å². The Morgan fingerprint density at radius 3 is 2.85 bits per heavy atom. The summed E-state index contributed by atoms with van der Waals surface area (Å²) in [6.45, 7) is 3.24. The van der Waals surface area contributed by atoms with Gasteiger partial charge in [-0.15, -0.1) is 0 Å². The van der Waals surface area contributed by atoms with E-state index in [0.717, 1.165) is 29.6 Å². The third-order valence-electron chi connectivity index (χ3n) is 4.17. The van der Waals surface area contributed by atoms with Crippen LogP contribution < -0.4 is 10.6 Å². The first-order chi connectivity index (χ1) is 12.5. The number of fused-ring (bicyclic) bond motifs is 1. The second kappa shape index (κ2) is 8.43. The van der Waals surface area contributed by atoms with E-state index < -0.39 is 0 Å². The van der Waals surface area contributed by atoms with Crippen LogP contribution in [0.3, 0.4) is 0 Å². The quantitative estimate of drug-likeness (QED) is 0.594. The van der Waals surface area contributed by atoms with Crippen LogP contribution in [0.25, 0.3) is 11.0 Å². The number of nitrogens with one attached hydrogen (secondary N) is 2. The summed E-state index contributed by atoms with van der Waals surface area (Å²) in [7, 11) is 0. The van der Waals surface area contributed by atoms with Crippen molar-refractivity contribution in [1.82, 2.24) is 20.2 Å². The number of halogens is 2. The summed E-state index contributed by atoms with van der Waals surface area (Å²) < 4.78 is 2.09. The van der Waals surface area contributed by atoms with Gasteiger partial charge in [0.2, 0.25) is 0 Å². The van der Waals surface area contributed by atoms with Gasteiger partial charge < -0.3 is 15.2 Å². The maximum atomic E-state index is 12.1. The molecular formula is C19H20Cl2N4O. The van der Waals surface area contributed by atoms with Crippen LogP contribution >= 0.6 is 23.2 Å². The van der Waals surface area contributed by atoms with Gasteiger partial charge in [0.25, 0.3) is 0 Å². The largest absolute Gasteiger partial charge is 0.338 e. The highest BCUT2D eigenvalue weighted by atomic mass is 35.5. The SMILES string of the molecule is CC(NC(=O)NCCCn1cnc2ccccc21)c1ccc(Cl)cc1Cl. The fourth-order valence-corrected chi connectivity index (χ4v) is 3.39. The lowest BCUT2D eigenvalue weighted by Gasteiger charge is -2.16. The summed E-state index contributed by atoms with van der Waals surface area (Å²) in [6, 6.07) is 12.8. The van der Waals surface area contributed by atoms with Gasteiger partial charge in [-0.05, 0) is 43.2 Å². The number of aryl methyl sites for hydroxylation is 1. The zero-order valence-electron chi connectivity index (χ0n) is 14.4. The smallest absolute Gasteiger partial charge is 0.315 e. The summed E-state index contributed by atoms with van der Waals surface area (Å²) in [5.74, 6) is 0. The molecule has 1 atom stereocenters. The van der Waals surface area contributed by atoms with Crippen LogP contribution in [0, 0.1) is 0 Å². The maximum Gasteiger partial charge on any atom is 0.315 e. The number of aromatic nitrogens is 2. The molecule has 0 saturated heterocycles. The molecule has 1 unspecified atom stereocenters. The van der Waals surface area contributed by atoms with Crippen molar-refractivity contribution in [3.05, 3.63) is 64.4 Å². The lowest BCUT2D eigenvalue weighted by molar-refractivity contribution is 0.237. The molecule has 26 heavy (non-hydrogen) atoms. The number of amides is 2. The van der Waals surface area contributed by atoms with Crippen LogP contribution in [-0.2, 0) is 6.54 Å². The van der Waals surface area contributed by atoms with Gasteiger partial charge in [-0.3, -0.25) is 0 Å². The molecule has 0 aliphatic heterocycles. The average Bonchev–Trinajstić information content (AvgIpc) is 3.02. The average molecular weight is 391 g/mol.